The van der Waals surface area contributed by atoms with E-state index >= 15 is 0 Å². The van der Waals surface area contributed by atoms with Crippen LogP contribution in [0, 0.1) is 5.82 Å². The summed E-state index contributed by atoms with van der Waals surface area (Å²) in [7, 11) is -3.04. The predicted octanol–water partition coefficient (Wildman–Crippen LogP) is 2.62. The fourth-order valence-electron chi connectivity index (χ4n) is 2.98. The number of rotatable bonds is 7. The number of sulfone groups is 1. The zero-order valence-corrected chi connectivity index (χ0v) is 17.0. The van der Waals surface area contributed by atoms with Crippen molar-refractivity contribution in [2.75, 3.05) is 16.8 Å². The Labute approximate surface area is 167 Å². The summed E-state index contributed by atoms with van der Waals surface area (Å²) in [5.74, 6) is -0.00980. The van der Waals surface area contributed by atoms with E-state index in [9.17, 15) is 17.6 Å². The lowest BCUT2D eigenvalue weighted by atomic mass is 10.1. The van der Waals surface area contributed by atoms with E-state index in [-0.39, 0.29) is 29.1 Å². The first kappa shape index (κ1) is 20.5. The molecule has 1 aliphatic heterocycles. The van der Waals surface area contributed by atoms with Crippen LogP contribution in [0.4, 0.5) is 10.1 Å². The Hall–Kier alpha value is -2.20. The van der Waals surface area contributed by atoms with Gasteiger partial charge in [-0.05, 0) is 37.6 Å². The summed E-state index contributed by atoms with van der Waals surface area (Å²) >= 11 is 1.23. The number of hydrogen-bond donors (Lipinski definition) is 1. The molecule has 10 heteroatoms. The molecule has 2 aromatic rings. The summed E-state index contributed by atoms with van der Waals surface area (Å²) in [4.78, 5) is 12.4. The zero-order chi connectivity index (χ0) is 20.3. The number of carbonyl (C=O) groups excluding carboxylic acids is 1. The second-order valence-electron chi connectivity index (χ2n) is 6.60. The average Bonchev–Trinajstić information content (AvgIpc) is 3.20. The first-order chi connectivity index (χ1) is 13.3. The molecule has 1 aliphatic rings. The van der Waals surface area contributed by atoms with Crippen molar-refractivity contribution < 1.29 is 17.6 Å². The van der Waals surface area contributed by atoms with Crippen molar-refractivity contribution >= 4 is 33.2 Å². The lowest BCUT2D eigenvalue weighted by Gasteiger charge is -2.14. The maximum atomic E-state index is 13.0. The minimum atomic E-state index is -3.04. The van der Waals surface area contributed by atoms with Gasteiger partial charge in [-0.1, -0.05) is 17.8 Å². The van der Waals surface area contributed by atoms with Crippen LogP contribution in [0.3, 0.4) is 0 Å². The van der Waals surface area contributed by atoms with Gasteiger partial charge < -0.3 is 9.88 Å². The Morgan fingerprint density at radius 3 is 2.75 bits per heavy atom. The Bertz CT molecular complexity index is 973. The van der Waals surface area contributed by atoms with Gasteiger partial charge in [0.2, 0.25) is 5.91 Å². The fraction of sp³-hybridized carbons (Fsp3) is 0.389. The average molecular weight is 425 g/mol. The van der Waals surface area contributed by atoms with Crippen LogP contribution in [0.15, 0.2) is 42.1 Å². The molecule has 0 radical (unpaired) electrons. The number of allylic oxidation sites excluding steroid dienone is 1. The summed E-state index contributed by atoms with van der Waals surface area (Å²) in [6.07, 6.45) is 2.20. The van der Waals surface area contributed by atoms with E-state index < -0.39 is 15.1 Å². The van der Waals surface area contributed by atoms with Crippen LogP contribution in [0.25, 0.3) is 0 Å². The lowest BCUT2D eigenvalue weighted by Crippen LogP contribution is -2.23. The second kappa shape index (κ2) is 8.44. The normalized spacial score (nSPS) is 19.3. The molecule has 1 saturated heterocycles. The van der Waals surface area contributed by atoms with E-state index in [4.69, 9.17) is 0 Å². The lowest BCUT2D eigenvalue weighted by molar-refractivity contribution is -0.115. The molecule has 2 atom stereocenters. The van der Waals surface area contributed by atoms with Crippen molar-refractivity contribution in [3.8, 4) is 0 Å². The molecule has 1 amide bonds. The third kappa shape index (κ3) is 4.79. The molecule has 28 heavy (non-hydrogen) atoms. The topological polar surface area (TPSA) is 93.9 Å². The first-order valence-electron chi connectivity index (χ1n) is 8.76. The molecule has 1 aromatic heterocycles. The molecule has 150 valence electrons. The van der Waals surface area contributed by atoms with Crippen LogP contribution < -0.4 is 5.32 Å². The van der Waals surface area contributed by atoms with E-state index in [0.717, 1.165) is 0 Å². The van der Waals surface area contributed by atoms with Gasteiger partial charge in [-0.3, -0.25) is 4.79 Å². The minimum Gasteiger partial charge on any atom is -0.325 e. The minimum absolute atomic E-state index is 0.0630. The van der Waals surface area contributed by atoms with E-state index in [2.05, 4.69) is 22.1 Å². The van der Waals surface area contributed by atoms with Crippen LogP contribution >= 0.6 is 11.8 Å². The molecule has 7 nitrogen and oxygen atoms in total. The number of aromatic nitrogens is 3. The highest BCUT2D eigenvalue weighted by Crippen LogP contribution is 2.31. The van der Waals surface area contributed by atoms with Crippen molar-refractivity contribution in [1.82, 2.24) is 14.8 Å². The van der Waals surface area contributed by atoms with Gasteiger partial charge in [-0.15, -0.1) is 16.8 Å². The molecular formula is C18H21FN4O3S2. The number of benzene rings is 1. The van der Waals surface area contributed by atoms with Gasteiger partial charge >= 0.3 is 0 Å². The van der Waals surface area contributed by atoms with Crippen LogP contribution in [0.2, 0.25) is 0 Å². The van der Waals surface area contributed by atoms with Crippen molar-refractivity contribution in [1.29, 1.82) is 0 Å². The molecule has 0 saturated carbocycles. The Kier molecular flexibility index (Phi) is 6.19. The van der Waals surface area contributed by atoms with Gasteiger partial charge in [0.1, 0.15) is 11.6 Å². The summed E-state index contributed by atoms with van der Waals surface area (Å²) in [6, 6.07) is 5.53. The number of halogens is 1. The molecular weight excluding hydrogens is 403 g/mol. The van der Waals surface area contributed by atoms with Crippen LogP contribution in [-0.2, 0) is 21.2 Å². The van der Waals surface area contributed by atoms with Crippen molar-refractivity contribution in [3.63, 3.8) is 0 Å². The molecule has 1 aromatic carbocycles. The van der Waals surface area contributed by atoms with Crippen molar-refractivity contribution in [2.45, 2.75) is 36.2 Å². The molecule has 1 fully saturated rings. The SMILES string of the molecule is C=CCn1c(SC(C)C(=O)Nc2ccc(F)cc2)nnc1C1CCS(=O)(=O)C1. The zero-order valence-electron chi connectivity index (χ0n) is 15.3. The third-order valence-electron chi connectivity index (χ3n) is 4.42. The van der Waals surface area contributed by atoms with Gasteiger partial charge in [0.25, 0.3) is 0 Å². The molecule has 0 spiro atoms. The number of anilines is 1. The highest BCUT2D eigenvalue weighted by atomic mass is 32.2. The summed E-state index contributed by atoms with van der Waals surface area (Å²) in [5, 5.41) is 11.1. The molecule has 3 rings (SSSR count). The van der Waals surface area contributed by atoms with E-state index in [0.29, 0.717) is 29.6 Å². The molecule has 0 aliphatic carbocycles. The number of thioether (sulfide) groups is 1. The number of carbonyl (C=O) groups is 1. The summed E-state index contributed by atoms with van der Waals surface area (Å²) in [6.45, 7) is 5.89. The van der Waals surface area contributed by atoms with E-state index in [1.54, 1.807) is 13.0 Å². The van der Waals surface area contributed by atoms with Crippen LogP contribution in [0.5, 0.6) is 0 Å². The summed E-state index contributed by atoms with van der Waals surface area (Å²) in [5.41, 5.74) is 0.503. The third-order valence-corrected chi connectivity index (χ3v) is 7.27. The van der Waals surface area contributed by atoms with Gasteiger partial charge in [-0.2, -0.15) is 0 Å². The molecule has 2 unspecified atom stereocenters. The van der Waals surface area contributed by atoms with Crippen LogP contribution in [0.1, 0.15) is 25.1 Å². The highest BCUT2D eigenvalue weighted by Gasteiger charge is 2.33. The predicted molar refractivity (Wildman–Crippen MR) is 107 cm³/mol. The largest absolute Gasteiger partial charge is 0.325 e. The van der Waals surface area contributed by atoms with Crippen molar-refractivity contribution in [3.05, 3.63) is 48.6 Å². The van der Waals surface area contributed by atoms with Gasteiger partial charge in [0.05, 0.1) is 16.8 Å². The van der Waals surface area contributed by atoms with Gasteiger partial charge in [-0.25, -0.2) is 12.8 Å². The standard InChI is InChI=1S/C18H21FN4O3S2/c1-3-9-23-16(13-8-10-28(25,26)11-13)21-22-18(23)27-12(2)17(24)20-15-6-4-14(19)5-7-15/h3-7,12-13H,1,8-11H2,2H3,(H,20,24). The number of hydrogen-bond acceptors (Lipinski definition) is 6. The first-order valence-corrected chi connectivity index (χ1v) is 11.5. The van der Waals surface area contributed by atoms with Gasteiger partial charge in [0.15, 0.2) is 15.0 Å². The fourth-order valence-corrected chi connectivity index (χ4v) is 5.58. The van der Waals surface area contributed by atoms with E-state index in [1.165, 1.54) is 36.0 Å². The smallest absolute Gasteiger partial charge is 0.237 e. The number of amides is 1. The second-order valence-corrected chi connectivity index (χ2v) is 10.1. The maximum absolute atomic E-state index is 13.0. The summed E-state index contributed by atoms with van der Waals surface area (Å²) < 4.78 is 38.4. The number of nitrogens with zero attached hydrogens (tertiary/aromatic N) is 3. The highest BCUT2D eigenvalue weighted by molar-refractivity contribution is 8.00. The monoisotopic (exact) mass is 424 g/mol. The van der Waals surface area contributed by atoms with Crippen LogP contribution in [-0.4, -0.2) is 45.8 Å². The Morgan fingerprint density at radius 1 is 1.43 bits per heavy atom. The number of nitrogens with one attached hydrogen (secondary N) is 1. The van der Waals surface area contributed by atoms with Gasteiger partial charge in [0, 0.05) is 18.2 Å². The maximum Gasteiger partial charge on any atom is 0.237 e. The van der Waals surface area contributed by atoms with Crippen molar-refractivity contribution in [2.24, 2.45) is 0 Å². The van der Waals surface area contributed by atoms with E-state index in [1.807, 2.05) is 4.57 Å². The Balaban J connectivity index is 1.73. The molecule has 0 bridgehead atoms. The molecule has 1 N–H and O–H groups in total. The molecule has 2 heterocycles. The Morgan fingerprint density at radius 2 is 2.14 bits per heavy atom. The quantitative estimate of drug-likeness (QED) is 0.542.